The lowest BCUT2D eigenvalue weighted by Crippen LogP contribution is -2.30. The summed E-state index contributed by atoms with van der Waals surface area (Å²) >= 11 is 0. The molecule has 0 aliphatic heterocycles. The summed E-state index contributed by atoms with van der Waals surface area (Å²) in [5.41, 5.74) is 0. The molecule has 0 saturated heterocycles. The smallest absolute Gasteiger partial charge is 0.306 e. The lowest BCUT2D eigenvalue weighted by molar-refractivity contribution is -0.163. The van der Waals surface area contributed by atoms with Gasteiger partial charge in [0.05, 0.1) is 6.61 Å². The maximum Gasteiger partial charge on any atom is 0.306 e. The van der Waals surface area contributed by atoms with Crippen LogP contribution in [0.5, 0.6) is 0 Å². The number of carbonyl (C=O) groups excluding carboxylic acids is 2. The van der Waals surface area contributed by atoms with E-state index in [0.717, 1.165) is 103 Å². The van der Waals surface area contributed by atoms with Gasteiger partial charge in [-0.3, -0.25) is 9.59 Å². The summed E-state index contributed by atoms with van der Waals surface area (Å²) in [6, 6.07) is 0. The average molecular weight is 887 g/mol. The molecule has 0 aliphatic carbocycles. The summed E-state index contributed by atoms with van der Waals surface area (Å²) in [7, 11) is 0. The highest BCUT2D eigenvalue weighted by atomic mass is 16.6. The molecule has 0 aromatic rings. The number of unbranched alkanes of at least 4 members (excludes halogenated alkanes) is 18. The van der Waals surface area contributed by atoms with Gasteiger partial charge in [0, 0.05) is 19.4 Å². The summed E-state index contributed by atoms with van der Waals surface area (Å²) in [6.07, 6.45) is 74.0. The minimum atomic E-state index is -0.593. The van der Waals surface area contributed by atoms with Crippen LogP contribution >= 0.6 is 0 Å². The Morgan fingerprint density at radius 1 is 0.359 bits per heavy atom. The van der Waals surface area contributed by atoms with Gasteiger partial charge in [0.25, 0.3) is 0 Å². The highest BCUT2D eigenvalue weighted by molar-refractivity contribution is 5.70. The van der Waals surface area contributed by atoms with Crippen molar-refractivity contribution < 1.29 is 23.8 Å². The predicted molar refractivity (Wildman–Crippen MR) is 279 cm³/mol. The fourth-order valence-corrected chi connectivity index (χ4v) is 6.91. The van der Waals surface area contributed by atoms with Crippen LogP contribution in [0.25, 0.3) is 0 Å². The maximum atomic E-state index is 12.8. The van der Waals surface area contributed by atoms with Crippen LogP contribution in [-0.2, 0) is 23.8 Å². The van der Waals surface area contributed by atoms with Crippen molar-refractivity contribution in [3.8, 4) is 0 Å². The fraction of sp³-hybridized carbons (Fsp3) is 0.661. The number of carbonyl (C=O) groups is 2. The summed E-state index contributed by atoms with van der Waals surface area (Å²) in [5, 5.41) is 0. The number of ether oxygens (including phenoxy) is 3. The van der Waals surface area contributed by atoms with Gasteiger partial charge < -0.3 is 14.2 Å². The van der Waals surface area contributed by atoms with Crippen LogP contribution in [0.15, 0.2) is 109 Å². The van der Waals surface area contributed by atoms with Crippen LogP contribution in [0.2, 0.25) is 0 Å². The Morgan fingerprint density at radius 2 is 0.703 bits per heavy atom. The van der Waals surface area contributed by atoms with Gasteiger partial charge in [0.15, 0.2) is 6.10 Å². The topological polar surface area (TPSA) is 61.8 Å². The van der Waals surface area contributed by atoms with E-state index in [1.807, 2.05) is 0 Å². The number of esters is 2. The molecule has 0 fully saturated rings. The summed E-state index contributed by atoms with van der Waals surface area (Å²) in [5.74, 6) is -0.482. The van der Waals surface area contributed by atoms with Crippen molar-refractivity contribution in [1.29, 1.82) is 0 Å². The first-order valence-electron chi connectivity index (χ1n) is 26.4. The van der Waals surface area contributed by atoms with E-state index in [1.165, 1.54) is 89.9 Å². The van der Waals surface area contributed by atoms with E-state index in [-0.39, 0.29) is 25.2 Å². The Bertz CT molecular complexity index is 1280. The molecule has 0 aromatic carbocycles. The molecule has 0 saturated carbocycles. The van der Waals surface area contributed by atoms with Crippen molar-refractivity contribution in [2.75, 3.05) is 19.8 Å². The van der Waals surface area contributed by atoms with Crippen molar-refractivity contribution >= 4 is 11.9 Å². The van der Waals surface area contributed by atoms with Crippen LogP contribution in [0.1, 0.15) is 226 Å². The summed E-state index contributed by atoms with van der Waals surface area (Å²) in [6.45, 7) is 7.41. The highest BCUT2D eigenvalue weighted by Gasteiger charge is 2.17. The molecule has 0 radical (unpaired) electrons. The lowest BCUT2D eigenvalue weighted by Gasteiger charge is -2.18. The zero-order chi connectivity index (χ0) is 46.3. The molecule has 0 aromatic heterocycles. The number of rotatable bonds is 47. The third kappa shape index (κ3) is 51.2. The third-order valence-corrected chi connectivity index (χ3v) is 10.8. The van der Waals surface area contributed by atoms with Gasteiger partial charge >= 0.3 is 11.9 Å². The Morgan fingerprint density at radius 3 is 1.17 bits per heavy atom. The van der Waals surface area contributed by atoms with Gasteiger partial charge in [-0.25, -0.2) is 0 Å². The molecule has 64 heavy (non-hydrogen) atoms. The van der Waals surface area contributed by atoms with Gasteiger partial charge in [-0.1, -0.05) is 207 Å². The standard InChI is InChI=1S/C59H98O5/c1-4-7-10-13-16-19-22-25-28-29-30-31-33-34-37-40-43-46-49-52-58(60)63-56-57(55-62-54-51-48-45-42-39-36-27-24-21-18-15-12-9-6-3)64-59(61)53-50-47-44-41-38-35-32-26-23-20-17-14-11-8-5-2/h8-9,11-12,17-18,20-21,25-28,32,36,38,41-42,45,57H,4-7,10,13-16,19,22-24,29-31,33-35,37,39-40,43-44,46-56H2,1-3H3/b11-8-,12-9-,20-17-,21-18-,28-25-,32-26-,36-27-,41-38-,45-42-. The molecule has 0 rings (SSSR count). The zero-order valence-corrected chi connectivity index (χ0v) is 41.8. The molecule has 1 atom stereocenters. The van der Waals surface area contributed by atoms with Gasteiger partial charge in [-0.15, -0.1) is 0 Å². The van der Waals surface area contributed by atoms with Crippen molar-refractivity contribution in [2.45, 2.75) is 232 Å². The van der Waals surface area contributed by atoms with Crippen molar-refractivity contribution in [3.63, 3.8) is 0 Å². The summed E-state index contributed by atoms with van der Waals surface area (Å²) < 4.78 is 17.3. The third-order valence-electron chi connectivity index (χ3n) is 10.8. The predicted octanol–water partition coefficient (Wildman–Crippen LogP) is 18.0. The Labute approximate surface area is 395 Å². The van der Waals surface area contributed by atoms with E-state index in [9.17, 15) is 9.59 Å². The first-order valence-corrected chi connectivity index (χ1v) is 26.4. The van der Waals surface area contributed by atoms with Crippen LogP contribution in [0.4, 0.5) is 0 Å². The minimum Gasteiger partial charge on any atom is -0.462 e. The van der Waals surface area contributed by atoms with E-state index >= 15 is 0 Å². The second kappa shape index (κ2) is 53.9. The fourth-order valence-electron chi connectivity index (χ4n) is 6.91. The molecule has 364 valence electrons. The number of allylic oxidation sites excluding steroid dienone is 18. The molecule has 5 heteroatoms. The Hall–Kier alpha value is -3.44. The lowest BCUT2D eigenvalue weighted by atomic mass is 10.1. The number of hydrogen-bond donors (Lipinski definition) is 0. The zero-order valence-electron chi connectivity index (χ0n) is 41.8. The Kier molecular flexibility index (Phi) is 51.0. The van der Waals surface area contributed by atoms with Gasteiger partial charge in [0.1, 0.15) is 6.61 Å². The molecule has 0 N–H and O–H groups in total. The largest absolute Gasteiger partial charge is 0.462 e. The molecule has 0 spiro atoms. The van der Waals surface area contributed by atoms with E-state index in [4.69, 9.17) is 14.2 Å². The van der Waals surface area contributed by atoms with Crippen LogP contribution in [0.3, 0.4) is 0 Å². The Balaban J connectivity index is 4.39. The first-order chi connectivity index (χ1) is 31.6. The molecule has 0 heterocycles. The van der Waals surface area contributed by atoms with E-state index < -0.39 is 6.10 Å². The average Bonchev–Trinajstić information content (AvgIpc) is 3.30. The monoisotopic (exact) mass is 887 g/mol. The normalized spacial score (nSPS) is 13.1. The summed E-state index contributed by atoms with van der Waals surface area (Å²) in [4.78, 5) is 25.4. The second-order valence-corrected chi connectivity index (χ2v) is 17.0. The highest BCUT2D eigenvalue weighted by Crippen LogP contribution is 2.14. The molecule has 0 bridgehead atoms. The molecule has 0 amide bonds. The quantitative estimate of drug-likeness (QED) is 0.0346. The molecular formula is C59H98O5. The number of hydrogen-bond acceptors (Lipinski definition) is 5. The van der Waals surface area contributed by atoms with E-state index in [1.54, 1.807) is 0 Å². The van der Waals surface area contributed by atoms with Crippen molar-refractivity contribution in [1.82, 2.24) is 0 Å². The SMILES string of the molecule is CC/C=C\C/C=C\C/C=C\C/C=C\CCCCC(=O)OC(COCCC/C=C\C/C=C\C/C=C\C/C=C\CC)COC(=O)CCCCCCCCCCC/C=C\CCCCCCCC. The maximum absolute atomic E-state index is 12.8. The van der Waals surface area contributed by atoms with Crippen LogP contribution in [-0.4, -0.2) is 37.9 Å². The molecule has 0 aliphatic rings. The van der Waals surface area contributed by atoms with Gasteiger partial charge in [0.2, 0.25) is 0 Å². The van der Waals surface area contributed by atoms with Gasteiger partial charge in [-0.2, -0.15) is 0 Å². The molecule has 5 nitrogen and oxygen atoms in total. The minimum absolute atomic E-state index is 0.0400. The van der Waals surface area contributed by atoms with E-state index in [0.29, 0.717) is 19.4 Å². The molecule has 1 unspecified atom stereocenters. The first kappa shape index (κ1) is 60.6. The molecular weight excluding hydrogens is 789 g/mol. The van der Waals surface area contributed by atoms with Crippen molar-refractivity contribution in [2.24, 2.45) is 0 Å². The van der Waals surface area contributed by atoms with Crippen molar-refractivity contribution in [3.05, 3.63) is 109 Å². The second-order valence-electron chi connectivity index (χ2n) is 17.0. The van der Waals surface area contributed by atoms with E-state index in [2.05, 4.69) is 130 Å². The van der Waals surface area contributed by atoms with Gasteiger partial charge in [-0.05, 0) is 116 Å². The van der Waals surface area contributed by atoms with Crippen LogP contribution in [0, 0.1) is 0 Å². The van der Waals surface area contributed by atoms with Crippen LogP contribution < -0.4 is 0 Å².